The molecule has 5 nitrogen and oxygen atoms in total. The number of hydrogen-bond donors (Lipinski definition) is 0. The van der Waals surface area contributed by atoms with Gasteiger partial charge in [-0.3, -0.25) is 4.79 Å². The van der Waals surface area contributed by atoms with E-state index in [1.807, 2.05) is 24.3 Å². The molecule has 28 heavy (non-hydrogen) atoms. The van der Waals surface area contributed by atoms with E-state index in [0.717, 1.165) is 12.0 Å². The molecule has 1 atom stereocenters. The van der Waals surface area contributed by atoms with E-state index in [1.54, 1.807) is 29.2 Å². The number of aryl methyl sites for hydroxylation is 1. The molecule has 150 valence electrons. The lowest BCUT2D eigenvalue weighted by molar-refractivity contribution is -0.136. The number of carbonyl (C=O) groups excluding carboxylic acids is 1. The van der Waals surface area contributed by atoms with Gasteiger partial charge in [-0.1, -0.05) is 42.8 Å². The molecule has 3 rings (SSSR count). The number of ether oxygens (including phenoxy) is 1. The third kappa shape index (κ3) is 5.49. The zero-order valence-electron chi connectivity index (χ0n) is 15.8. The molecule has 1 aliphatic heterocycles. The van der Waals surface area contributed by atoms with E-state index < -0.39 is 9.84 Å². The Morgan fingerprint density at radius 1 is 1.11 bits per heavy atom. The van der Waals surface area contributed by atoms with Crippen LogP contribution in [0.25, 0.3) is 0 Å². The second-order valence-corrected chi connectivity index (χ2v) is 9.66. The molecule has 1 heterocycles. The van der Waals surface area contributed by atoms with Crippen molar-refractivity contribution in [3.05, 3.63) is 64.7 Å². The molecule has 0 saturated carbocycles. The lowest BCUT2D eigenvalue weighted by atomic mass is 10.1. The summed E-state index contributed by atoms with van der Waals surface area (Å²) in [6, 6.07) is 14.5. The van der Waals surface area contributed by atoms with Crippen LogP contribution in [0.1, 0.15) is 24.5 Å². The molecule has 1 amide bonds. The first-order valence-corrected chi connectivity index (χ1v) is 11.5. The molecule has 0 unspecified atom stereocenters. The minimum Gasteiger partial charge on any atom is -0.484 e. The lowest BCUT2D eigenvalue weighted by Gasteiger charge is -2.28. The number of nitrogens with zero attached hydrogens (tertiary/aromatic N) is 1. The summed E-state index contributed by atoms with van der Waals surface area (Å²) in [5, 5.41) is 0.590. The van der Waals surface area contributed by atoms with Crippen LogP contribution in [0, 0.1) is 0 Å². The Kier molecular flexibility index (Phi) is 6.62. The van der Waals surface area contributed by atoms with Crippen molar-refractivity contribution >= 4 is 27.3 Å². The number of rotatable bonds is 7. The van der Waals surface area contributed by atoms with Crippen molar-refractivity contribution in [1.29, 1.82) is 0 Å². The van der Waals surface area contributed by atoms with Crippen molar-refractivity contribution in [3.8, 4) is 5.75 Å². The van der Waals surface area contributed by atoms with Crippen LogP contribution in [-0.2, 0) is 27.6 Å². The summed E-state index contributed by atoms with van der Waals surface area (Å²) in [4.78, 5) is 14.5. The summed E-state index contributed by atoms with van der Waals surface area (Å²) in [5.74, 6) is 0.446. The van der Waals surface area contributed by atoms with E-state index >= 15 is 0 Å². The van der Waals surface area contributed by atoms with Crippen LogP contribution < -0.4 is 4.74 Å². The molecular formula is C21H24ClNO4S. The minimum absolute atomic E-state index is 0.00668. The van der Waals surface area contributed by atoms with Gasteiger partial charge in [-0.25, -0.2) is 8.42 Å². The normalized spacial score (nSPS) is 18.0. The largest absolute Gasteiger partial charge is 0.484 e. The molecule has 0 aromatic heterocycles. The van der Waals surface area contributed by atoms with Crippen molar-refractivity contribution in [2.45, 2.75) is 32.4 Å². The number of sulfone groups is 1. The molecule has 7 heteroatoms. The topological polar surface area (TPSA) is 63.7 Å². The minimum atomic E-state index is -3.10. The van der Waals surface area contributed by atoms with Crippen LogP contribution in [0.4, 0.5) is 0 Å². The molecule has 0 spiro atoms. The first kappa shape index (κ1) is 20.7. The Labute approximate surface area is 171 Å². The lowest BCUT2D eigenvalue weighted by Crippen LogP contribution is -2.43. The SMILES string of the molecule is CCc1ccc(CN(C(=O)COc2ccc(Cl)cc2)[C@@H]2CCS(=O)(=O)C2)cc1. The number of hydrogen-bond acceptors (Lipinski definition) is 4. The zero-order chi connectivity index (χ0) is 20.1. The Bertz CT molecular complexity index is 910. The molecule has 2 aromatic carbocycles. The van der Waals surface area contributed by atoms with Gasteiger partial charge in [-0.05, 0) is 48.2 Å². The highest BCUT2D eigenvalue weighted by atomic mass is 35.5. The van der Waals surface area contributed by atoms with Gasteiger partial charge in [0.1, 0.15) is 5.75 Å². The highest BCUT2D eigenvalue weighted by Crippen LogP contribution is 2.21. The van der Waals surface area contributed by atoms with Gasteiger partial charge in [-0.15, -0.1) is 0 Å². The van der Waals surface area contributed by atoms with Gasteiger partial charge < -0.3 is 9.64 Å². The molecule has 2 aromatic rings. The Balaban J connectivity index is 1.72. The van der Waals surface area contributed by atoms with Gasteiger partial charge >= 0.3 is 0 Å². The summed E-state index contributed by atoms with van der Waals surface area (Å²) in [6.07, 6.45) is 1.40. The predicted octanol–water partition coefficient (Wildman–Crippen LogP) is 3.50. The molecule has 0 aliphatic carbocycles. The maximum Gasteiger partial charge on any atom is 0.261 e. The molecule has 1 aliphatic rings. The van der Waals surface area contributed by atoms with Crippen LogP contribution in [0.2, 0.25) is 5.02 Å². The molecular weight excluding hydrogens is 398 g/mol. The molecule has 1 fully saturated rings. The number of benzene rings is 2. The quantitative estimate of drug-likeness (QED) is 0.686. The fourth-order valence-electron chi connectivity index (χ4n) is 3.28. The van der Waals surface area contributed by atoms with Crippen LogP contribution in [0.3, 0.4) is 0 Å². The molecule has 0 radical (unpaired) electrons. The van der Waals surface area contributed by atoms with E-state index in [0.29, 0.717) is 23.7 Å². The van der Waals surface area contributed by atoms with E-state index in [4.69, 9.17) is 16.3 Å². The number of amides is 1. The first-order chi connectivity index (χ1) is 13.4. The average Bonchev–Trinajstić information content (AvgIpc) is 3.05. The van der Waals surface area contributed by atoms with Gasteiger partial charge in [0.2, 0.25) is 0 Å². The third-order valence-electron chi connectivity index (χ3n) is 4.93. The second-order valence-electron chi connectivity index (χ2n) is 6.99. The Morgan fingerprint density at radius 2 is 1.75 bits per heavy atom. The smallest absolute Gasteiger partial charge is 0.261 e. The highest BCUT2D eigenvalue weighted by molar-refractivity contribution is 7.91. The third-order valence-corrected chi connectivity index (χ3v) is 6.93. The maximum absolute atomic E-state index is 12.9. The van der Waals surface area contributed by atoms with Gasteiger partial charge in [0.25, 0.3) is 5.91 Å². The van der Waals surface area contributed by atoms with Gasteiger partial charge in [0.05, 0.1) is 11.5 Å². The standard InChI is InChI=1S/C21H24ClNO4S/c1-2-16-3-5-17(6-4-16)13-23(19-11-12-28(25,26)15-19)21(24)14-27-20-9-7-18(22)8-10-20/h3-10,19H,2,11-15H2,1H3/t19-/m1/s1. The van der Waals surface area contributed by atoms with E-state index in [2.05, 4.69) is 6.92 Å². The molecule has 0 N–H and O–H groups in total. The molecule has 0 bridgehead atoms. The van der Waals surface area contributed by atoms with E-state index in [1.165, 1.54) is 5.56 Å². The fraction of sp³-hybridized carbons (Fsp3) is 0.381. The zero-order valence-corrected chi connectivity index (χ0v) is 17.4. The van der Waals surface area contributed by atoms with Crippen LogP contribution in [0.5, 0.6) is 5.75 Å². The van der Waals surface area contributed by atoms with Crippen molar-refractivity contribution in [3.63, 3.8) is 0 Å². The summed E-state index contributed by atoms with van der Waals surface area (Å²) >= 11 is 5.86. The van der Waals surface area contributed by atoms with Crippen LogP contribution in [0.15, 0.2) is 48.5 Å². The van der Waals surface area contributed by atoms with Gasteiger partial charge in [0.15, 0.2) is 16.4 Å². The van der Waals surface area contributed by atoms with Crippen molar-refractivity contribution in [2.75, 3.05) is 18.1 Å². The maximum atomic E-state index is 12.9. The van der Waals surface area contributed by atoms with Gasteiger partial charge in [-0.2, -0.15) is 0 Å². The molecule has 1 saturated heterocycles. The predicted molar refractivity (Wildman–Crippen MR) is 110 cm³/mol. The van der Waals surface area contributed by atoms with Gasteiger partial charge in [0, 0.05) is 17.6 Å². The monoisotopic (exact) mass is 421 g/mol. The number of halogens is 1. The van der Waals surface area contributed by atoms with Crippen LogP contribution in [-0.4, -0.2) is 43.4 Å². The summed E-state index contributed by atoms with van der Waals surface area (Å²) in [5.41, 5.74) is 2.19. The summed E-state index contributed by atoms with van der Waals surface area (Å²) in [6.45, 7) is 2.31. The summed E-state index contributed by atoms with van der Waals surface area (Å²) < 4.78 is 29.5. The number of carbonyl (C=O) groups is 1. The first-order valence-electron chi connectivity index (χ1n) is 9.32. The van der Waals surface area contributed by atoms with E-state index in [-0.39, 0.29) is 30.1 Å². The Morgan fingerprint density at radius 3 is 2.32 bits per heavy atom. The van der Waals surface area contributed by atoms with E-state index in [9.17, 15) is 13.2 Å². The highest BCUT2D eigenvalue weighted by Gasteiger charge is 2.34. The summed E-state index contributed by atoms with van der Waals surface area (Å²) in [7, 11) is -3.10. The van der Waals surface area contributed by atoms with Crippen molar-refractivity contribution < 1.29 is 17.9 Å². The fourth-order valence-corrected chi connectivity index (χ4v) is 5.13. The van der Waals surface area contributed by atoms with Crippen molar-refractivity contribution in [1.82, 2.24) is 4.90 Å². The second kappa shape index (κ2) is 8.97. The Hall–Kier alpha value is -2.05. The average molecular weight is 422 g/mol. The van der Waals surface area contributed by atoms with Crippen molar-refractivity contribution in [2.24, 2.45) is 0 Å². The van der Waals surface area contributed by atoms with Crippen LogP contribution >= 0.6 is 11.6 Å².